The van der Waals surface area contributed by atoms with Crippen LogP contribution in [0.25, 0.3) is 6.08 Å². The molecule has 0 bridgehead atoms. The highest BCUT2D eigenvalue weighted by molar-refractivity contribution is 8.14. The van der Waals surface area contributed by atoms with E-state index in [4.69, 9.17) is 14.5 Å². The molecule has 2 aromatic carbocycles. The lowest BCUT2D eigenvalue weighted by Gasteiger charge is -2.21. The van der Waals surface area contributed by atoms with E-state index in [0.29, 0.717) is 0 Å². The number of hydrogen-bond acceptors (Lipinski definition) is 5. The van der Waals surface area contributed by atoms with Crippen LogP contribution in [0.2, 0.25) is 0 Å². The first-order valence-electron chi connectivity index (χ1n) is 9.15. The zero-order valence-corrected chi connectivity index (χ0v) is 17.1. The van der Waals surface area contributed by atoms with Crippen molar-refractivity contribution in [3.8, 4) is 11.5 Å². The molecule has 0 spiro atoms. The van der Waals surface area contributed by atoms with Crippen LogP contribution in [0, 0.1) is 0 Å². The Morgan fingerprint density at radius 3 is 2.61 bits per heavy atom. The van der Waals surface area contributed by atoms with Crippen molar-refractivity contribution >= 4 is 34.6 Å². The van der Waals surface area contributed by atoms with Crippen LogP contribution in [0.4, 0.5) is 5.69 Å². The fraction of sp³-hybridized carbons (Fsp3) is 0.273. The molecule has 146 valence electrons. The van der Waals surface area contributed by atoms with Crippen LogP contribution < -0.4 is 9.47 Å². The second-order valence-corrected chi connectivity index (χ2v) is 7.27. The number of hydrogen-bond donors (Lipinski definition) is 0. The highest BCUT2D eigenvalue weighted by atomic mass is 32.2. The molecule has 5 nitrogen and oxygen atoms in total. The number of carbonyl (C=O) groups is 1. The van der Waals surface area contributed by atoms with Gasteiger partial charge in [-0.1, -0.05) is 30.8 Å². The molecule has 28 heavy (non-hydrogen) atoms. The largest absolute Gasteiger partial charge is 0.497 e. The molecular weight excluding hydrogens is 372 g/mol. The number of nitrogens with zero attached hydrogens (tertiary/aromatic N) is 2. The summed E-state index contributed by atoms with van der Waals surface area (Å²) in [5.41, 5.74) is 1.72. The SMILES string of the molecule is CC[C@@H]1CSC(=Nc2ccc(OC)cc2)N1C(=O)/C=C/c1cccc(OC)c1. The van der Waals surface area contributed by atoms with Crippen molar-refractivity contribution in [3.63, 3.8) is 0 Å². The number of methoxy groups -OCH3 is 2. The highest BCUT2D eigenvalue weighted by Crippen LogP contribution is 2.30. The lowest BCUT2D eigenvalue weighted by atomic mass is 10.2. The van der Waals surface area contributed by atoms with E-state index in [-0.39, 0.29) is 11.9 Å². The summed E-state index contributed by atoms with van der Waals surface area (Å²) in [6, 6.07) is 15.3. The minimum Gasteiger partial charge on any atom is -0.497 e. The van der Waals surface area contributed by atoms with E-state index in [9.17, 15) is 4.79 Å². The molecule has 0 aromatic heterocycles. The van der Waals surface area contributed by atoms with Gasteiger partial charge in [0.25, 0.3) is 5.91 Å². The van der Waals surface area contributed by atoms with Crippen LogP contribution in [0.3, 0.4) is 0 Å². The maximum Gasteiger partial charge on any atom is 0.252 e. The molecule has 1 atom stereocenters. The van der Waals surface area contributed by atoms with Crippen molar-refractivity contribution in [1.29, 1.82) is 0 Å². The molecule has 0 saturated carbocycles. The number of aliphatic imine (C=N–C) groups is 1. The third kappa shape index (κ3) is 4.75. The number of amidine groups is 1. The van der Waals surface area contributed by atoms with Crippen molar-refractivity contribution < 1.29 is 14.3 Å². The molecule has 0 N–H and O–H groups in total. The van der Waals surface area contributed by atoms with Crippen LogP contribution in [-0.4, -0.2) is 42.0 Å². The molecule has 3 rings (SSSR count). The van der Waals surface area contributed by atoms with E-state index in [1.807, 2.05) is 54.6 Å². The molecule has 1 aliphatic heterocycles. The molecule has 1 saturated heterocycles. The van der Waals surface area contributed by atoms with E-state index in [0.717, 1.165) is 40.1 Å². The molecule has 0 unspecified atom stereocenters. The fourth-order valence-corrected chi connectivity index (χ4v) is 4.17. The first kappa shape index (κ1) is 20.0. The van der Waals surface area contributed by atoms with Gasteiger partial charge in [0, 0.05) is 17.9 Å². The minimum absolute atomic E-state index is 0.0630. The third-order valence-corrected chi connectivity index (χ3v) is 5.59. The van der Waals surface area contributed by atoms with Crippen molar-refractivity contribution in [2.75, 3.05) is 20.0 Å². The predicted molar refractivity (Wildman–Crippen MR) is 116 cm³/mol. The van der Waals surface area contributed by atoms with Crippen molar-refractivity contribution in [2.24, 2.45) is 4.99 Å². The van der Waals surface area contributed by atoms with Gasteiger partial charge in [0.2, 0.25) is 0 Å². The van der Waals surface area contributed by atoms with Gasteiger partial charge in [-0.25, -0.2) is 4.99 Å². The third-order valence-electron chi connectivity index (χ3n) is 4.49. The van der Waals surface area contributed by atoms with Crippen LogP contribution in [0.5, 0.6) is 11.5 Å². The van der Waals surface area contributed by atoms with E-state index in [1.165, 1.54) is 0 Å². The first-order chi connectivity index (χ1) is 13.6. The Kier molecular flexibility index (Phi) is 6.76. The number of carbonyl (C=O) groups excluding carboxylic acids is 1. The average molecular weight is 397 g/mol. The number of thioether (sulfide) groups is 1. The van der Waals surface area contributed by atoms with Gasteiger partial charge in [0.15, 0.2) is 5.17 Å². The topological polar surface area (TPSA) is 51.1 Å². The Morgan fingerprint density at radius 1 is 1.18 bits per heavy atom. The normalized spacial score (nSPS) is 18.0. The predicted octanol–water partition coefficient (Wildman–Crippen LogP) is 4.76. The Labute approximate surface area is 170 Å². The average Bonchev–Trinajstić information content (AvgIpc) is 3.15. The van der Waals surface area contributed by atoms with Crippen LogP contribution in [0.1, 0.15) is 18.9 Å². The molecule has 0 radical (unpaired) electrons. The van der Waals surface area contributed by atoms with Crippen LogP contribution in [-0.2, 0) is 4.79 Å². The van der Waals surface area contributed by atoms with Gasteiger partial charge < -0.3 is 9.47 Å². The number of ether oxygens (including phenoxy) is 2. The zero-order chi connectivity index (χ0) is 19.9. The van der Waals surface area contributed by atoms with Gasteiger partial charge in [-0.2, -0.15) is 0 Å². The van der Waals surface area contributed by atoms with Gasteiger partial charge in [-0.15, -0.1) is 0 Å². The molecule has 2 aromatic rings. The van der Waals surface area contributed by atoms with E-state index in [1.54, 1.807) is 37.0 Å². The van der Waals surface area contributed by atoms with Crippen molar-refractivity contribution in [2.45, 2.75) is 19.4 Å². The lowest BCUT2D eigenvalue weighted by molar-refractivity contribution is -0.123. The number of amides is 1. The second kappa shape index (κ2) is 9.46. The Morgan fingerprint density at radius 2 is 1.93 bits per heavy atom. The molecule has 1 amide bonds. The van der Waals surface area contributed by atoms with Crippen LogP contribution >= 0.6 is 11.8 Å². The first-order valence-corrected chi connectivity index (χ1v) is 10.1. The fourth-order valence-electron chi connectivity index (χ4n) is 2.89. The summed E-state index contributed by atoms with van der Waals surface area (Å²) in [6.07, 6.45) is 4.30. The smallest absolute Gasteiger partial charge is 0.252 e. The number of rotatable bonds is 6. The molecule has 0 aliphatic carbocycles. The lowest BCUT2D eigenvalue weighted by Crippen LogP contribution is -2.37. The van der Waals surface area contributed by atoms with Gasteiger partial charge in [-0.05, 0) is 54.5 Å². The summed E-state index contributed by atoms with van der Waals surface area (Å²) in [5, 5.41) is 0.734. The molecule has 1 heterocycles. The summed E-state index contributed by atoms with van der Waals surface area (Å²) < 4.78 is 10.4. The summed E-state index contributed by atoms with van der Waals surface area (Å²) in [6.45, 7) is 2.09. The van der Waals surface area contributed by atoms with Gasteiger partial charge >= 0.3 is 0 Å². The quantitative estimate of drug-likeness (QED) is 0.661. The Bertz CT molecular complexity index is 878. The molecular formula is C22H24N2O3S. The van der Waals surface area contributed by atoms with E-state index < -0.39 is 0 Å². The van der Waals surface area contributed by atoms with Crippen molar-refractivity contribution in [1.82, 2.24) is 4.90 Å². The van der Waals surface area contributed by atoms with Crippen molar-refractivity contribution in [3.05, 3.63) is 60.2 Å². The van der Waals surface area contributed by atoms with Gasteiger partial charge in [0.05, 0.1) is 19.9 Å². The summed E-state index contributed by atoms with van der Waals surface area (Å²) in [7, 11) is 3.26. The second-order valence-electron chi connectivity index (χ2n) is 6.28. The standard InChI is InChI=1S/C22H24N2O3S/c1-4-18-15-28-22(23-17-9-11-19(26-2)12-10-17)24(18)21(25)13-8-16-6-5-7-20(14-16)27-3/h5-14,18H,4,15H2,1-3H3/b13-8+,23-22?/t18-/m1/s1. The van der Waals surface area contributed by atoms with E-state index in [2.05, 4.69) is 6.92 Å². The summed E-state index contributed by atoms with van der Waals surface area (Å²) in [5.74, 6) is 2.33. The Balaban J connectivity index is 1.81. The maximum absolute atomic E-state index is 12.9. The highest BCUT2D eigenvalue weighted by Gasteiger charge is 2.32. The maximum atomic E-state index is 12.9. The molecule has 1 aliphatic rings. The Hall–Kier alpha value is -2.73. The zero-order valence-electron chi connectivity index (χ0n) is 16.3. The molecule has 6 heteroatoms. The van der Waals surface area contributed by atoms with E-state index >= 15 is 0 Å². The minimum atomic E-state index is -0.0630. The monoisotopic (exact) mass is 396 g/mol. The van der Waals surface area contributed by atoms with Gasteiger partial charge in [0.1, 0.15) is 11.5 Å². The number of benzene rings is 2. The summed E-state index contributed by atoms with van der Waals surface area (Å²) in [4.78, 5) is 19.4. The summed E-state index contributed by atoms with van der Waals surface area (Å²) >= 11 is 1.61. The molecule has 1 fully saturated rings. The van der Waals surface area contributed by atoms with Crippen LogP contribution in [0.15, 0.2) is 59.6 Å². The van der Waals surface area contributed by atoms with Gasteiger partial charge in [-0.3, -0.25) is 9.69 Å².